The Morgan fingerprint density at radius 1 is 1.15 bits per heavy atom. The molecule has 3 nitrogen and oxygen atoms in total. The van der Waals surface area contributed by atoms with Crippen molar-refractivity contribution in [2.24, 2.45) is 5.73 Å². The molecule has 0 aliphatic heterocycles. The van der Waals surface area contributed by atoms with Crippen molar-refractivity contribution in [3.8, 4) is 21.8 Å². The van der Waals surface area contributed by atoms with Crippen LogP contribution in [0.5, 0.6) is 0 Å². The zero-order chi connectivity index (χ0) is 14.1. The highest BCUT2D eigenvalue weighted by Gasteiger charge is 2.15. The Hall–Kier alpha value is -1.69. The molecular weight excluding hydrogens is 312 g/mol. The largest absolute Gasteiger partial charge is 0.365 e. The maximum Gasteiger partial charge on any atom is 0.259 e. The van der Waals surface area contributed by atoms with Gasteiger partial charge in [0.05, 0.1) is 5.69 Å². The van der Waals surface area contributed by atoms with E-state index >= 15 is 0 Å². The molecule has 0 spiro atoms. The van der Waals surface area contributed by atoms with Crippen LogP contribution in [0.15, 0.2) is 41.1 Å². The molecule has 0 saturated heterocycles. The van der Waals surface area contributed by atoms with E-state index in [-0.39, 0.29) is 0 Å². The summed E-state index contributed by atoms with van der Waals surface area (Å²) in [5.74, 6) is -0.426. The Morgan fingerprint density at radius 3 is 2.70 bits per heavy atom. The molecule has 0 fully saturated rings. The number of rotatable bonds is 3. The molecule has 0 saturated carbocycles. The van der Waals surface area contributed by atoms with Crippen LogP contribution in [0.25, 0.3) is 21.8 Å². The lowest BCUT2D eigenvalue weighted by molar-refractivity contribution is 0.100. The summed E-state index contributed by atoms with van der Waals surface area (Å²) >= 11 is 8.97. The number of hydrogen-bond donors (Lipinski definition) is 1. The number of carbonyl (C=O) groups is 1. The van der Waals surface area contributed by atoms with Crippen LogP contribution in [0.4, 0.5) is 0 Å². The van der Waals surface area contributed by atoms with Gasteiger partial charge < -0.3 is 5.73 Å². The van der Waals surface area contributed by atoms with Crippen LogP contribution in [-0.2, 0) is 0 Å². The highest BCUT2D eigenvalue weighted by atomic mass is 35.5. The second-order valence-electron chi connectivity index (χ2n) is 4.05. The van der Waals surface area contributed by atoms with E-state index in [0.717, 1.165) is 21.8 Å². The molecule has 100 valence electrons. The average Bonchev–Trinajstić information content (AvgIpc) is 3.07. The molecule has 3 rings (SSSR count). The van der Waals surface area contributed by atoms with E-state index in [1.54, 1.807) is 0 Å². The number of benzene rings is 1. The summed E-state index contributed by atoms with van der Waals surface area (Å²) in [6, 6.07) is 9.40. The molecule has 20 heavy (non-hydrogen) atoms. The zero-order valence-corrected chi connectivity index (χ0v) is 12.6. The molecule has 0 atom stereocenters. The number of amides is 1. The van der Waals surface area contributed by atoms with Gasteiger partial charge in [0.1, 0.15) is 9.88 Å². The minimum Gasteiger partial charge on any atom is -0.365 e. The number of halogens is 1. The minimum atomic E-state index is -0.426. The Kier molecular flexibility index (Phi) is 3.56. The van der Waals surface area contributed by atoms with E-state index in [9.17, 15) is 4.79 Å². The first kappa shape index (κ1) is 13.3. The van der Waals surface area contributed by atoms with E-state index in [1.807, 2.05) is 41.1 Å². The number of nitrogens with zero attached hydrogens (tertiary/aromatic N) is 1. The van der Waals surface area contributed by atoms with Crippen molar-refractivity contribution in [1.82, 2.24) is 4.98 Å². The van der Waals surface area contributed by atoms with Crippen molar-refractivity contribution >= 4 is 40.2 Å². The van der Waals surface area contributed by atoms with Gasteiger partial charge in [-0.3, -0.25) is 4.79 Å². The number of carbonyl (C=O) groups excluding carboxylic acids is 1. The third-order valence-electron chi connectivity index (χ3n) is 2.77. The second-order valence-corrected chi connectivity index (χ2v) is 6.23. The van der Waals surface area contributed by atoms with Crippen LogP contribution < -0.4 is 5.73 Å². The summed E-state index contributed by atoms with van der Waals surface area (Å²) < 4.78 is 0. The lowest BCUT2D eigenvalue weighted by atomic mass is 10.2. The quantitative estimate of drug-likeness (QED) is 0.782. The molecule has 3 aromatic rings. The van der Waals surface area contributed by atoms with Crippen molar-refractivity contribution in [2.75, 3.05) is 0 Å². The van der Waals surface area contributed by atoms with E-state index < -0.39 is 5.91 Å². The lowest BCUT2D eigenvalue weighted by Crippen LogP contribution is -2.09. The summed E-state index contributed by atoms with van der Waals surface area (Å²) in [6.45, 7) is 0. The molecule has 2 aromatic heterocycles. The Balaban J connectivity index is 2.05. The van der Waals surface area contributed by atoms with Crippen molar-refractivity contribution in [2.45, 2.75) is 0 Å². The van der Waals surface area contributed by atoms with Crippen molar-refractivity contribution in [3.63, 3.8) is 0 Å². The van der Waals surface area contributed by atoms with Crippen LogP contribution in [0.1, 0.15) is 9.67 Å². The molecule has 1 aromatic carbocycles. The molecule has 0 aliphatic carbocycles. The highest BCUT2D eigenvalue weighted by molar-refractivity contribution is 7.15. The van der Waals surface area contributed by atoms with E-state index in [1.165, 1.54) is 22.7 Å². The van der Waals surface area contributed by atoms with Crippen LogP contribution in [-0.4, -0.2) is 10.9 Å². The molecular formula is C14H9ClN2OS2. The van der Waals surface area contributed by atoms with E-state index in [2.05, 4.69) is 4.98 Å². The number of thiazole rings is 1. The molecule has 2 N–H and O–H groups in total. The maximum atomic E-state index is 11.4. The summed E-state index contributed by atoms with van der Waals surface area (Å²) in [5.41, 5.74) is 7.83. The minimum absolute atomic E-state index is 0.426. The number of thiophene rings is 1. The SMILES string of the molecule is NC(=O)c1sccc1-c1nc(-c2ccccc2Cl)cs1. The summed E-state index contributed by atoms with van der Waals surface area (Å²) in [7, 11) is 0. The first-order valence-electron chi connectivity index (χ1n) is 5.75. The third kappa shape index (κ3) is 2.35. The Bertz CT molecular complexity index is 779. The van der Waals surface area contributed by atoms with E-state index in [0.29, 0.717) is 9.90 Å². The van der Waals surface area contributed by atoms with Crippen LogP contribution in [0.3, 0.4) is 0 Å². The monoisotopic (exact) mass is 320 g/mol. The van der Waals surface area contributed by atoms with Gasteiger partial charge in [0.2, 0.25) is 0 Å². The maximum absolute atomic E-state index is 11.4. The first-order chi connectivity index (χ1) is 9.66. The van der Waals surface area contributed by atoms with Gasteiger partial charge in [-0.1, -0.05) is 29.8 Å². The predicted molar refractivity (Wildman–Crippen MR) is 84.4 cm³/mol. The van der Waals surface area contributed by atoms with Gasteiger partial charge >= 0.3 is 0 Å². The number of hydrogen-bond acceptors (Lipinski definition) is 4. The standard InChI is InChI=1S/C14H9ClN2OS2/c15-10-4-2-1-3-8(10)11-7-20-14(17-11)9-5-6-19-12(9)13(16)18/h1-7H,(H2,16,18). The summed E-state index contributed by atoms with van der Waals surface area (Å²) in [4.78, 5) is 16.5. The van der Waals surface area contributed by atoms with Gasteiger partial charge in [0.15, 0.2) is 0 Å². The molecule has 0 radical (unpaired) electrons. The fourth-order valence-electron chi connectivity index (χ4n) is 1.86. The fourth-order valence-corrected chi connectivity index (χ4v) is 3.75. The van der Waals surface area contributed by atoms with Crippen LogP contribution in [0, 0.1) is 0 Å². The van der Waals surface area contributed by atoms with Crippen molar-refractivity contribution in [3.05, 3.63) is 51.0 Å². The highest BCUT2D eigenvalue weighted by Crippen LogP contribution is 2.35. The van der Waals surface area contributed by atoms with Crippen LogP contribution >= 0.6 is 34.3 Å². The van der Waals surface area contributed by atoms with Gasteiger partial charge in [-0.15, -0.1) is 22.7 Å². The number of primary amides is 1. The van der Waals surface area contributed by atoms with Gasteiger partial charge in [0.25, 0.3) is 5.91 Å². The van der Waals surface area contributed by atoms with Crippen molar-refractivity contribution < 1.29 is 4.79 Å². The molecule has 6 heteroatoms. The Labute approximate surface area is 128 Å². The zero-order valence-electron chi connectivity index (χ0n) is 10.2. The van der Waals surface area contributed by atoms with Gasteiger partial charge in [-0.05, 0) is 17.5 Å². The molecule has 0 bridgehead atoms. The first-order valence-corrected chi connectivity index (χ1v) is 7.88. The summed E-state index contributed by atoms with van der Waals surface area (Å²) in [5, 5.41) is 5.20. The molecule has 0 unspecified atom stereocenters. The predicted octanol–water partition coefficient (Wildman–Crippen LogP) is 4.29. The topological polar surface area (TPSA) is 56.0 Å². The second kappa shape index (κ2) is 5.36. The molecule has 2 heterocycles. The summed E-state index contributed by atoms with van der Waals surface area (Å²) in [6.07, 6.45) is 0. The Morgan fingerprint density at radius 2 is 1.95 bits per heavy atom. The van der Waals surface area contributed by atoms with Gasteiger partial charge in [0, 0.05) is 21.5 Å². The third-order valence-corrected chi connectivity index (χ3v) is 4.91. The van der Waals surface area contributed by atoms with E-state index in [4.69, 9.17) is 17.3 Å². The normalized spacial score (nSPS) is 10.7. The number of nitrogens with two attached hydrogens (primary N) is 1. The smallest absolute Gasteiger partial charge is 0.259 e. The van der Waals surface area contributed by atoms with Crippen molar-refractivity contribution in [1.29, 1.82) is 0 Å². The fraction of sp³-hybridized carbons (Fsp3) is 0. The van der Waals surface area contributed by atoms with Gasteiger partial charge in [-0.25, -0.2) is 4.98 Å². The molecule has 1 amide bonds. The molecule has 0 aliphatic rings. The number of aromatic nitrogens is 1. The van der Waals surface area contributed by atoms with Crippen LogP contribution in [0.2, 0.25) is 5.02 Å². The average molecular weight is 321 g/mol. The van der Waals surface area contributed by atoms with Gasteiger partial charge in [-0.2, -0.15) is 0 Å². The lowest BCUT2D eigenvalue weighted by Gasteiger charge is -1.99.